The molecule has 104 valence electrons. The number of phenols is 1. The van der Waals surface area contributed by atoms with Gasteiger partial charge in [0.15, 0.2) is 5.79 Å². The van der Waals surface area contributed by atoms with Crippen molar-refractivity contribution in [3.05, 3.63) is 35.7 Å². The summed E-state index contributed by atoms with van der Waals surface area (Å²) in [6.45, 7) is 3.82. The Morgan fingerprint density at radius 2 is 2.21 bits per heavy atom. The number of ether oxygens (including phenoxy) is 2. The minimum absolute atomic E-state index is 0.0474. The van der Waals surface area contributed by atoms with Crippen LogP contribution >= 0.6 is 0 Å². The summed E-state index contributed by atoms with van der Waals surface area (Å²) in [6.07, 6.45) is 1.55. The second kappa shape index (κ2) is 5.28. The molecule has 1 aromatic rings. The van der Waals surface area contributed by atoms with E-state index in [-0.39, 0.29) is 12.4 Å². The quantitative estimate of drug-likeness (QED) is 0.881. The van der Waals surface area contributed by atoms with Crippen molar-refractivity contribution in [1.29, 1.82) is 0 Å². The maximum absolute atomic E-state index is 13.0. The summed E-state index contributed by atoms with van der Waals surface area (Å²) in [4.78, 5) is 0. The van der Waals surface area contributed by atoms with Crippen LogP contribution in [0.1, 0.15) is 19.4 Å². The zero-order chi connectivity index (χ0) is 14.0. The highest BCUT2D eigenvalue weighted by Crippen LogP contribution is 2.25. The van der Waals surface area contributed by atoms with E-state index in [2.05, 4.69) is 0 Å². The third-order valence-corrected chi connectivity index (χ3v) is 2.87. The van der Waals surface area contributed by atoms with Gasteiger partial charge in [-0.1, -0.05) is 12.2 Å². The lowest BCUT2D eigenvalue weighted by Gasteiger charge is -2.18. The van der Waals surface area contributed by atoms with Crippen LogP contribution in [-0.2, 0) is 9.47 Å². The Kier molecular flexibility index (Phi) is 3.89. The number of aliphatic hydroxyl groups is 1. The molecule has 4 nitrogen and oxygen atoms in total. The topological polar surface area (TPSA) is 58.9 Å². The lowest BCUT2D eigenvalue weighted by Crippen LogP contribution is -2.29. The lowest BCUT2D eigenvalue weighted by molar-refractivity contribution is -0.147. The first-order valence-electron chi connectivity index (χ1n) is 6.04. The highest BCUT2D eigenvalue weighted by molar-refractivity contribution is 5.57. The van der Waals surface area contributed by atoms with Gasteiger partial charge in [-0.3, -0.25) is 0 Å². The maximum Gasteiger partial charge on any atom is 0.163 e. The summed E-state index contributed by atoms with van der Waals surface area (Å²) >= 11 is 0. The minimum atomic E-state index is -0.885. The van der Waals surface area contributed by atoms with E-state index in [1.54, 1.807) is 13.8 Å². The van der Waals surface area contributed by atoms with Crippen LogP contribution in [0.3, 0.4) is 0 Å². The molecule has 1 heterocycles. The molecule has 2 rings (SSSR count). The van der Waals surface area contributed by atoms with E-state index in [1.165, 1.54) is 30.4 Å². The summed E-state index contributed by atoms with van der Waals surface area (Å²) in [7, 11) is 0. The van der Waals surface area contributed by atoms with Crippen molar-refractivity contribution in [3.8, 4) is 5.75 Å². The summed E-state index contributed by atoms with van der Waals surface area (Å²) in [5, 5.41) is 19.5. The van der Waals surface area contributed by atoms with Crippen LogP contribution in [0, 0.1) is 5.82 Å². The lowest BCUT2D eigenvalue weighted by atomic mass is 10.1. The van der Waals surface area contributed by atoms with Gasteiger partial charge in [-0.2, -0.15) is 0 Å². The number of halogens is 1. The molecule has 0 bridgehead atoms. The highest BCUT2D eigenvalue weighted by Gasteiger charge is 2.35. The van der Waals surface area contributed by atoms with E-state index in [1.807, 2.05) is 0 Å². The second-order valence-corrected chi connectivity index (χ2v) is 4.92. The first-order valence-corrected chi connectivity index (χ1v) is 6.04. The third-order valence-electron chi connectivity index (χ3n) is 2.87. The predicted molar refractivity (Wildman–Crippen MR) is 68.0 cm³/mol. The molecule has 1 fully saturated rings. The van der Waals surface area contributed by atoms with Crippen molar-refractivity contribution in [2.45, 2.75) is 31.8 Å². The van der Waals surface area contributed by atoms with E-state index in [0.717, 1.165) is 0 Å². The largest absolute Gasteiger partial charge is 0.507 e. The average molecular weight is 268 g/mol. The van der Waals surface area contributed by atoms with Crippen molar-refractivity contribution >= 4 is 6.08 Å². The molecule has 5 heteroatoms. The summed E-state index contributed by atoms with van der Waals surface area (Å²) < 4.78 is 23.9. The molecule has 1 unspecified atom stereocenters. The van der Waals surface area contributed by atoms with E-state index in [0.29, 0.717) is 5.56 Å². The van der Waals surface area contributed by atoms with Gasteiger partial charge in [-0.25, -0.2) is 4.39 Å². The van der Waals surface area contributed by atoms with E-state index in [9.17, 15) is 14.6 Å². The van der Waals surface area contributed by atoms with E-state index in [4.69, 9.17) is 9.47 Å². The van der Waals surface area contributed by atoms with Crippen molar-refractivity contribution in [1.82, 2.24) is 0 Å². The highest BCUT2D eigenvalue weighted by atomic mass is 19.1. The van der Waals surface area contributed by atoms with Gasteiger partial charge in [-0.05, 0) is 32.0 Å². The third kappa shape index (κ3) is 3.53. The van der Waals surface area contributed by atoms with Gasteiger partial charge in [0, 0.05) is 5.56 Å². The first kappa shape index (κ1) is 14.0. The molecule has 19 heavy (non-hydrogen) atoms. The SMILES string of the molecule is CC1(C)OC[C@H](C(O)C=Cc2cc(F)ccc2O)O1. The molecule has 1 saturated heterocycles. The fourth-order valence-corrected chi connectivity index (χ4v) is 1.87. The molecule has 0 aliphatic carbocycles. The number of benzene rings is 1. The van der Waals surface area contributed by atoms with Gasteiger partial charge >= 0.3 is 0 Å². The Balaban J connectivity index is 2.04. The number of aromatic hydroxyl groups is 1. The number of hydrogen-bond acceptors (Lipinski definition) is 4. The van der Waals surface area contributed by atoms with Crippen molar-refractivity contribution in [2.75, 3.05) is 6.61 Å². The van der Waals surface area contributed by atoms with Crippen LogP contribution < -0.4 is 0 Å². The Hall–Kier alpha value is -1.43. The number of hydrogen-bond donors (Lipinski definition) is 2. The zero-order valence-corrected chi connectivity index (χ0v) is 10.8. The van der Waals surface area contributed by atoms with Crippen LogP contribution in [-0.4, -0.2) is 34.8 Å². The Labute approximate surface area is 111 Å². The normalized spacial score (nSPS) is 23.9. The summed E-state index contributed by atoms with van der Waals surface area (Å²) in [5.74, 6) is -1.21. The van der Waals surface area contributed by atoms with Gasteiger partial charge in [0.05, 0.1) is 6.61 Å². The fourth-order valence-electron chi connectivity index (χ4n) is 1.87. The molecule has 0 aromatic heterocycles. The molecule has 0 amide bonds. The summed E-state index contributed by atoms with van der Waals surface area (Å²) in [6, 6.07) is 3.62. The molecule has 0 spiro atoms. The van der Waals surface area contributed by atoms with E-state index < -0.39 is 23.8 Å². The molecule has 1 aliphatic heterocycles. The molecule has 1 aromatic carbocycles. The number of rotatable bonds is 3. The van der Waals surface area contributed by atoms with Crippen molar-refractivity contribution in [3.63, 3.8) is 0 Å². The fraction of sp³-hybridized carbons (Fsp3) is 0.429. The predicted octanol–water partition coefficient (Wildman–Crippen LogP) is 2.06. The average Bonchev–Trinajstić information content (AvgIpc) is 2.70. The standard InChI is InChI=1S/C14H17FO4/c1-14(2)18-8-13(19-14)12(17)5-3-9-7-10(15)4-6-11(9)16/h3-7,12-13,16-17H,8H2,1-2H3/t12?,13-/m1/s1. The van der Waals surface area contributed by atoms with Gasteiger partial charge in [0.1, 0.15) is 23.8 Å². The van der Waals surface area contributed by atoms with Crippen molar-refractivity contribution in [2.24, 2.45) is 0 Å². The molecule has 0 radical (unpaired) electrons. The van der Waals surface area contributed by atoms with Crippen LogP contribution in [0.4, 0.5) is 4.39 Å². The second-order valence-electron chi connectivity index (χ2n) is 4.92. The Bertz CT molecular complexity index is 484. The summed E-state index contributed by atoms with van der Waals surface area (Å²) in [5.41, 5.74) is 0.303. The zero-order valence-electron chi connectivity index (χ0n) is 10.8. The molecule has 1 aliphatic rings. The Morgan fingerprint density at radius 3 is 2.84 bits per heavy atom. The number of phenolic OH excluding ortho intramolecular Hbond substituents is 1. The maximum atomic E-state index is 13.0. The van der Waals surface area contributed by atoms with E-state index >= 15 is 0 Å². The minimum Gasteiger partial charge on any atom is -0.507 e. The molecular formula is C14H17FO4. The molecule has 0 saturated carbocycles. The van der Waals surface area contributed by atoms with Gasteiger partial charge in [0.2, 0.25) is 0 Å². The van der Waals surface area contributed by atoms with Crippen LogP contribution in [0.5, 0.6) is 5.75 Å². The first-order chi connectivity index (χ1) is 8.87. The van der Waals surface area contributed by atoms with Crippen LogP contribution in [0.25, 0.3) is 6.08 Å². The van der Waals surface area contributed by atoms with Gasteiger partial charge < -0.3 is 19.7 Å². The monoisotopic (exact) mass is 268 g/mol. The smallest absolute Gasteiger partial charge is 0.163 e. The Morgan fingerprint density at radius 1 is 1.47 bits per heavy atom. The van der Waals surface area contributed by atoms with Gasteiger partial charge in [-0.15, -0.1) is 0 Å². The molecule has 2 N–H and O–H groups in total. The number of aliphatic hydroxyl groups excluding tert-OH is 1. The van der Waals surface area contributed by atoms with Crippen LogP contribution in [0.15, 0.2) is 24.3 Å². The van der Waals surface area contributed by atoms with Gasteiger partial charge in [0.25, 0.3) is 0 Å². The van der Waals surface area contributed by atoms with Crippen LogP contribution in [0.2, 0.25) is 0 Å². The van der Waals surface area contributed by atoms with Crippen molar-refractivity contribution < 1.29 is 24.1 Å². The molecular weight excluding hydrogens is 251 g/mol. The molecule has 2 atom stereocenters.